The average molecular weight is 192 g/mol. The summed E-state index contributed by atoms with van der Waals surface area (Å²) < 4.78 is 4.00. The summed E-state index contributed by atoms with van der Waals surface area (Å²) in [6, 6.07) is 7.87. The van der Waals surface area contributed by atoms with Gasteiger partial charge in [0.05, 0.1) is 0 Å². The van der Waals surface area contributed by atoms with E-state index in [-0.39, 0.29) is 4.87 Å². The first-order valence-corrected chi connectivity index (χ1v) is 4.66. The molecule has 2 rings (SSSR count). The highest BCUT2D eigenvalue weighted by Crippen LogP contribution is 2.14. The lowest BCUT2D eigenvalue weighted by Gasteiger charge is -1.96. The molecule has 0 amide bonds. The van der Waals surface area contributed by atoms with Gasteiger partial charge >= 0.3 is 4.87 Å². The number of aryl methyl sites for hydroxylation is 1. The molecule has 1 aromatic heterocycles. The van der Waals surface area contributed by atoms with E-state index < -0.39 is 0 Å². The maximum absolute atomic E-state index is 10.8. The van der Waals surface area contributed by atoms with Crippen LogP contribution in [0.3, 0.4) is 0 Å². The number of hydrogen-bond donors (Lipinski definition) is 1. The van der Waals surface area contributed by atoms with Crippen molar-refractivity contribution in [2.45, 2.75) is 6.92 Å². The SMILES string of the molecule is Cc1cccc(-c2nsc(=O)[nH]2)c1. The molecule has 0 aliphatic carbocycles. The molecule has 13 heavy (non-hydrogen) atoms. The Kier molecular flexibility index (Phi) is 1.98. The normalized spacial score (nSPS) is 10.2. The van der Waals surface area contributed by atoms with Crippen LogP contribution in [-0.2, 0) is 0 Å². The summed E-state index contributed by atoms with van der Waals surface area (Å²) >= 11 is 0.944. The van der Waals surface area contributed by atoms with Crippen molar-refractivity contribution in [2.24, 2.45) is 0 Å². The van der Waals surface area contributed by atoms with Gasteiger partial charge < -0.3 is 0 Å². The molecule has 0 fully saturated rings. The van der Waals surface area contributed by atoms with Gasteiger partial charge in [0.2, 0.25) is 0 Å². The van der Waals surface area contributed by atoms with E-state index in [4.69, 9.17) is 0 Å². The monoisotopic (exact) mass is 192 g/mol. The molecule has 0 spiro atoms. The maximum atomic E-state index is 10.8. The molecule has 1 heterocycles. The average Bonchev–Trinajstić information content (AvgIpc) is 2.52. The third-order valence-electron chi connectivity index (χ3n) is 1.73. The second-order valence-corrected chi connectivity index (χ2v) is 3.55. The zero-order valence-corrected chi connectivity index (χ0v) is 7.89. The molecule has 1 aromatic carbocycles. The number of benzene rings is 1. The minimum Gasteiger partial charge on any atom is -0.296 e. The van der Waals surface area contributed by atoms with Gasteiger partial charge in [0.1, 0.15) is 0 Å². The van der Waals surface area contributed by atoms with Gasteiger partial charge in [-0.05, 0) is 13.0 Å². The fourth-order valence-electron chi connectivity index (χ4n) is 1.15. The van der Waals surface area contributed by atoms with Crippen LogP contribution in [0.2, 0.25) is 0 Å². The molecule has 2 aromatic rings. The zero-order valence-electron chi connectivity index (χ0n) is 7.07. The number of rotatable bonds is 1. The van der Waals surface area contributed by atoms with Crippen LogP contribution < -0.4 is 4.87 Å². The lowest BCUT2D eigenvalue weighted by Crippen LogP contribution is -1.92. The molecule has 0 aliphatic rings. The maximum Gasteiger partial charge on any atom is 0.323 e. The van der Waals surface area contributed by atoms with Gasteiger partial charge in [-0.25, -0.2) is 0 Å². The Morgan fingerprint density at radius 2 is 2.31 bits per heavy atom. The highest BCUT2D eigenvalue weighted by atomic mass is 32.1. The number of hydrogen-bond acceptors (Lipinski definition) is 3. The van der Waals surface area contributed by atoms with E-state index >= 15 is 0 Å². The summed E-state index contributed by atoms with van der Waals surface area (Å²) in [4.78, 5) is 13.4. The highest BCUT2D eigenvalue weighted by Gasteiger charge is 2.01. The predicted octanol–water partition coefficient (Wildman–Crippen LogP) is 1.81. The second-order valence-electron chi connectivity index (χ2n) is 2.81. The number of nitrogens with zero attached hydrogens (tertiary/aromatic N) is 1. The fourth-order valence-corrected chi connectivity index (χ4v) is 1.61. The third kappa shape index (κ3) is 1.67. The van der Waals surface area contributed by atoms with Gasteiger partial charge in [0.15, 0.2) is 5.82 Å². The van der Waals surface area contributed by atoms with Crippen molar-refractivity contribution < 1.29 is 0 Å². The van der Waals surface area contributed by atoms with Crippen LogP contribution in [-0.4, -0.2) is 9.36 Å². The van der Waals surface area contributed by atoms with Crippen molar-refractivity contribution in [1.82, 2.24) is 9.36 Å². The predicted molar refractivity (Wildman–Crippen MR) is 52.9 cm³/mol. The molecule has 66 valence electrons. The summed E-state index contributed by atoms with van der Waals surface area (Å²) in [5.74, 6) is 0.652. The van der Waals surface area contributed by atoms with E-state index in [9.17, 15) is 4.79 Å². The molecule has 0 saturated heterocycles. The Bertz CT molecular complexity index is 472. The molecule has 0 aliphatic heterocycles. The minimum atomic E-state index is -0.114. The van der Waals surface area contributed by atoms with Crippen LogP contribution in [0, 0.1) is 6.92 Å². The molecule has 4 heteroatoms. The van der Waals surface area contributed by atoms with E-state index in [1.54, 1.807) is 0 Å². The summed E-state index contributed by atoms with van der Waals surface area (Å²) in [5.41, 5.74) is 2.12. The zero-order chi connectivity index (χ0) is 9.26. The topological polar surface area (TPSA) is 45.8 Å². The Labute approximate surface area is 79.2 Å². The molecular weight excluding hydrogens is 184 g/mol. The summed E-state index contributed by atoms with van der Waals surface area (Å²) in [6.45, 7) is 2.01. The quantitative estimate of drug-likeness (QED) is 0.749. The molecule has 1 N–H and O–H groups in total. The Morgan fingerprint density at radius 3 is 2.92 bits per heavy atom. The number of aromatic amines is 1. The molecule has 0 saturated carbocycles. The standard InChI is InChI=1S/C9H8N2OS/c1-6-3-2-4-7(5-6)8-10-9(12)13-11-8/h2-5H,1H3,(H,10,11,12). The smallest absolute Gasteiger partial charge is 0.296 e. The first kappa shape index (κ1) is 8.19. The summed E-state index contributed by atoms with van der Waals surface area (Å²) in [5, 5.41) is 0. The van der Waals surface area contributed by atoms with E-state index in [0.29, 0.717) is 5.82 Å². The minimum absolute atomic E-state index is 0.114. The lowest BCUT2D eigenvalue weighted by atomic mass is 10.1. The largest absolute Gasteiger partial charge is 0.323 e. The molecular formula is C9H8N2OS. The summed E-state index contributed by atoms with van der Waals surface area (Å²) in [7, 11) is 0. The van der Waals surface area contributed by atoms with Crippen molar-refractivity contribution in [3.63, 3.8) is 0 Å². The molecule has 0 radical (unpaired) electrons. The third-order valence-corrected chi connectivity index (χ3v) is 2.27. The van der Waals surface area contributed by atoms with E-state index in [2.05, 4.69) is 9.36 Å². The van der Waals surface area contributed by atoms with Crippen molar-refractivity contribution in [3.8, 4) is 11.4 Å². The van der Waals surface area contributed by atoms with Crippen LogP contribution in [0.15, 0.2) is 29.1 Å². The van der Waals surface area contributed by atoms with Crippen molar-refractivity contribution >= 4 is 11.5 Å². The van der Waals surface area contributed by atoms with Crippen LogP contribution in [0.1, 0.15) is 5.56 Å². The number of nitrogens with one attached hydrogen (secondary N) is 1. The van der Waals surface area contributed by atoms with Crippen molar-refractivity contribution in [3.05, 3.63) is 39.5 Å². The van der Waals surface area contributed by atoms with Gasteiger partial charge in [-0.1, -0.05) is 23.8 Å². The fraction of sp³-hybridized carbons (Fsp3) is 0.111. The Morgan fingerprint density at radius 1 is 1.46 bits per heavy atom. The van der Waals surface area contributed by atoms with Gasteiger partial charge in [-0.2, -0.15) is 4.37 Å². The van der Waals surface area contributed by atoms with Gasteiger partial charge in [-0.15, -0.1) is 0 Å². The molecule has 0 unspecified atom stereocenters. The van der Waals surface area contributed by atoms with Gasteiger partial charge in [0, 0.05) is 17.1 Å². The van der Waals surface area contributed by atoms with E-state index in [1.807, 2.05) is 31.2 Å². The number of aromatic nitrogens is 2. The second kappa shape index (κ2) is 3.14. The Balaban J connectivity index is 2.52. The van der Waals surface area contributed by atoms with Crippen molar-refractivity contribution in [1.29, 1.82) is 0 Å². The first-order valence-electron chi connectivity index (χ1n) is 3.89. The molecule has 0 atom stereocenters. The summed E-state index contributed by atoms with van der Waals surface area (Å²) in [6.07, 6.45) is 0. The Hall–Kier alpha value is -1.42. The van der Waals surface area contributed by atoms with Gasteiger partial charge in [-0.3, -0.25) is 9.78 Å². The first-order chi connectivity index (χ1) is 6.25. The lowest BCUT2D eigenvalue weighted by molar-refractivity contribution is 1.28. The number of H-pyrrole nitrogens is 1. The van der Waals surface area contributed by atoms with Gasteiger partial charge in [0.25, 0.3) is 0 Å². The van der Waals surface area contributed by atoms with E-state index in [1.165, 1.54) is 0 Å². The van der Waals surface area contributed by atoms with Crippen LogP contribution >= 0.6 is 11.5 Å². The van der Waals surface area contributed by atoms with Crippen LogP contribution in [0.25, 0.3) is 11.4 Å². The molecule has 0 bridgehead atoms. The van der Waals surface area contributed by atoms with E-state index in [0.717, 1.165) is 22.7 Å². The molecule has 3 nitrogen and oxygen atoms in total. The van der Waals surface area contributed by atoms with Crippen molar-refractivity contribution in [2.75, 3.05) is 0 Å². The highest BCUT2D eigenvalue weighted by molar-refractivity contribution is 7.03. The van der Waals surface area contributed by atoms with Crippen LogP contribution in [0.4, 0.5) is 0 Å². The van der Waals surface area contributed by atoms with Crippen LogP contribution in [0.5, 0.6) is 0 Å².